The van der Waals surface area contributed by atoms with Gasteiger partial charge in [0.1, 0.15) is 0 Å². The predicted octanol–water partition coefficient (Wildman–Crippen LogP) is 0.400. The molecule has 0 atom stereocenters. The zero-order valence-electron chi connectivity index (χ0n) is 13.3. The van der Waals surface area contributed by atoms with Crippen LogP contribution in [0.1, 0.15) is 32.1 Å². The zero-order valence-corrected chi connectivity index (χ0v) is 14.2. The lowest BCUT2D eigenvalue weighted by Gasteiger charge is -2.24. The van der Waals surface area contributed by atoms with Gasteiger partial charge in [-0.3, -0.25) is 14.5 Å². The molecule has 128 valence electrons. The van der Waals surface area contributed by atoms with Gasteiger partial charge < -0.3 is 15.1 Å². The normalized spacial score (nSPS) is 15.3. The Kier molecular flexibility index (Phi) is 7.34. The molecular formula is C14H23N5O3S. The molecule has 1 saturated heterocycles. The number of nitrogens with one attached hydrogen (secondary N) is 2. The quantitative estimate of drug-likeness (QED) is 0.660. The lowest BCUT2D eigenvalue weighted by atomic mass is 10.1. The number of carbonyl (C=O) groups excluding carboxylic acids is 2. The number of rotatable bonds is 8. The van der Waals surface area contributed by atoms with Crippen LogP contribution in [0.5, 0.6) is 0 Å². The van der Waals surface area contributed by atoms with E-state index >= 15 is 0 Å². The van der Waals surface area contributed by atoms with E-state index in [0.29, 0.717) is 24.2 Å². The van der Waals surface area contributed by atoms with Gasteiger partial charge >= 0.3 is 0 Å². The summed E-state index contributed by atoms with van der Waals surface area (Å²) >= 11 is 1.17. The maximum absolute atomic E-state index is 11.6. The fraction of sp³-hybridized carbons (Fsp3) is 0.714. The first-order valence-corrected chi connectivity index (χ1v) is 8.87. The van der Waals surface area contributed by atoms with Crippen molar-refractivity contribution in [2.75, 3.05) is 31.9 Å². The van der Waals surface area contributed by atoms with Gasteiger partial charge in [0.15, 0.2) is 0 Å². The molecule has 0 aliphatic carbocycles. The SMILES string of the molecule is CCNC(=O)CNC(=O)CSc1nnc(CN2CCCCC2)o1. The van der Waals surface area contributed by atoms with Crippen LogP contribution in [0.15, 0.2) is 9.64 Å². The zero-order chi connectivity index (χ0) is 16.5. The summed E-state index contributed by atoms with van der Waals surface area (Å²) in [5.74, 6) is 0.284. The Morgan fingerprint density at radius 1 is 1.17 bits per heavy atom. The van der Waals surface area contributed by atoms with Gasteiger partial charge in [0.2, 0.25) is 17.7 Å². The highest BCUT2D eigenvalue weighted by atomic mass is 32.2. The summed E-state index contributed by atoms with van der Waals surface area (Å²) in [6.07, 6.45) is 3.70. The fourth-order valence-corrected chi connectivity index (χ4v) is 2.90. The van der Waals surface area contributed by atoms with Gasteiger partial charge in [-0.15, -0.1) is 10.2 Å². The number of carbonyl (C=O) groups is 2. The number of likely N-dealkylation sites (N-methyl/N-ethyl adjacent to an activating group) is 1. The summed E-state index contributed by atoms with van der Waals surface area (Å²) < 4.78 is 5.54. The molecule has 1 aromatic heterocycles. The summed E-state index contributed by atoms with van der Waals surface area (Å²) in [7, 11) is 0. The van der Waals surface area contributed by atoms with Crippen LogP contribution in [-0.4, -0.2) is 58.8 Å². The molecule has 1 aromatic rings. The summed E-state index contributed by atoms with van der Waals surface area (Å²) in [5.41, 5.74) is 0. The number of hydrogen-bond donors (Lipinski definition) is 2. The summed E-state index contributed by atoms with van der Waals surface area (Å²) in [6.45, 7) is 5.15. The van der Waals surface area contributed by atoms with Gasteiger partial charge in [-0.1, -0.05) is 18.2 Å². The van der Waals surface area contributed by atoms with E-state index < -0.39 is 0 Å². The molecule has 23 heavy (non-hydrogen) atoms. The first-order valence-electron chi connectivity index (χ1n) is 7.88. The van der Waals surface area contributed by atoms with Crippen LogP contribution >= 0.6 is 11.8 Å². The van der Waals surface area contributed by atoms with E-state index in [9.17, 15) is 9.59 Å². The lowest BCUT2D eigenvalue weighted by Crippen LogP contribution is -2.37. The summed E-state index contributed by atoms with van der Waals surface area (Å²) in [6, 6.07) is 0. The Labute approximate surface area is 139 Å². The van der Waals surface area contributed by atoms with Crippen molar-refractivity contribution < 1.29 is 14.0 Å². The molecule has 9 heteroatoms. The van der Waals surface area contributed by atoms with E-state index in [4.69, 9.17) is 4.42 Å². The molecule has 0 spiro atoms. The average molecular weight is 341 g/mol. The number of piperidine rings is 1. The van der Waals surface area contributed by atoms with Crippen LogP contribution < -0.4 is 10.6 Å². The first kappa shape index (κ1) is 17.7. The van der Waals surface area contributed by atoms with Crippen LogP contribution in [0, 0.1) is 0 Å². The van der Waals surface area contributed by atoms with Crippen LogP contribution in [0.25, 0.3) is 0 Å². The van der Waals surface area contributed by atoms with Crippen LogP contribution in [0.2, 0.25) is 0 Å². The second-order valence-corrected chi connectivity index (χ2v) is 6.24. The number of amides is 2. The Morgan fingerprint density at radius 3 is 2.70 bits per heavy atom. The number of aromatic nitrogens is 2. The third-order valence-corrected chi connectivity index (χ3v) is 4.22. The monoisotopic (exact) mass is 341 g/mol. The molecule has 0 radical (unpaired) electrons. The highest BCUT2D eigenvalue weighted by molar-refractivity contribution is 7.99. The van der Waals surface area contributed by atoms with Crippen molar-refractivity contribution in [3.8, 4) is 0 Å². The smallest absolute Gasteiger partial charge is 0.277 e. The van der Waals surface area contributed by atoms with Gasteiger partial charge in [0, 0.05) is 6.54 Å². The molecule has 0 saturated carbocycles. The minimum Gasteiger partial charge on any atom is -0.415 e. The van der Waals surface area contributed by atoms with E-state index in [1.54, 1.807) is 0 Å². The maximum atomic E-state index is 11.6. The largest absolute Gasteiger partial charge is 0.415 e. The number of likely N-dealkylation sites (tertiary alicyclic amines) is 1. The molecule has 0 bridgehead atoms. The molecule has 2 heterocycles. The minimum atomic E-state index is -0.239. The maximum Gasteiger partial charge on any atom is 0.277 e. The Bertz CT molecular complexity index is 516. The molecule has 8 nitrogen and oxygen atoms in total. The van der Waals surface area contributed by atoms with Crippen molar-refractivity contribution in [1.82, 2.24) is 25.7 Å². The standard InChI is InChI=1S/C14H23N5O3S/c1-2-15-11(20)8-16-12(21)10-23-14-18-17-13(22-14)9-19-6-4-3-5-7-19/h2-10H2,1H3,(H,15,20)(H,16,21). The van der Waals surface area contributed by atoms with Crippen molar-refractivity contribution in [2.24, 2.45) is 0 Å². The van der Waals surface area contributed by atoms with E-state index in [-0.39, 0.29) is 24.1 Å². The van der Waals surface area contributed by atoms with Crippen molar-refractivity contribution >= 4 is 23.6 Å². The molecule has 2 N–H and O–H groups in total. The van der Waals surface area contributed by atoms with Crippen molar-refractivity contribution in [3.05, 3.63) is 5.89 Å². The van der Waals surface area contributed by atoms with Gasteiger partial charge in [-0.25, -0.2) is 0 Å². The molecule has 1 aliphatic rings. The van der Waals surface area contributed by atoms with Crippen molar-refractivity contribution in [2.45, 2.75) is 38.0 Å². The predicted molar refractivity (Wildman–Crippen MR) is 85.8 cm³/mol. The molecular weight excluding hydrogens is 318 g/mol. The first-order chi connectivity index (χ1) is 11.2. The summed E-state index contributed by atoms with van der Waals surface area (Å²) in [4.78, 5) is 25.2. The molecule has 2 rings (SSSR count). The van der Waals surface area contributed by atoms with Gasteiger partial charge in [-0.05, 0) is 32.9 Å². The summed E-state index contributed by atoms with van der Waals surface area (Å²) in [5, 5.41) is 13.5. The average Bonchev–Trinajstić information content (AvgIpc) is 3.00. The van der Waals surface area contributed by atoms with Gasteiger partial charge in [0.05, 0.1) is 18.8 Å². The second kappa shape index (κ2) is 9.51. The molecule has 1 aliphatic heterocycles. The third kappa shape index (κ3) is 6.57. The molecule has 0 unspecified atom stereocenters. The Morgan fingerprint density at radius 2 is 1.96 bits per heavy atom. The van der Waals surface area contributed by atoms with E-state index in [0.717, 1.165) is 13.1 Å². The number of hydrogen-bond acceptors (Lipinski definition) is 7. The van der Waals surface area contributed by atoms with E-state index in [1.807, 2.05) is 6.92 Å². The highest BCUT2D eigenvalue weighted by Gasteiger charge is 2.15. The van der Waals surface area contributed by atoms with Crippen molar-refractivity contribution in [1.29, 1.82) is 0 Å². The van der Waals surface area contributed by atoms with E-state index in [1.165, 1.54) is 31.0 Å². The van der Waals surface area contributed by atoms with Crippen LogP contribution in [0.3, 0.4) is 0 Å². The topological polar surface area (TPSA) is 100 Å². The lowest BCUT2D eigenvalue weighted by molar-refractivity contribution is -0.124. The van der Waals surface area contributed by atoms with E-state index in [2.05, 4.69) is 25.7 Å². The highest BCUT2D eigenvalue weighted by Crippen LogP contribution is 2.18. The third-order valence-electron chi connectivity index (χ3n) is 3.40. The van der Waals surface area contributed by atoms with Crippen molar-refractivity contribution in [3.63, 3.8) is 0 Å². The van der Waals surface area contributed by atoms with Crippen LogP contribution in [-0.2, 0) is 16.1 Å². The molecule has 2 amide bonds. The van der Waals surface area contributed by atoms with Crippen LogP contribution in [0.4, 0.5) is 0 Å². The number of nitrogens with zero attached hydrogens (tertiary/aromatic N) is 3. The fourth-order valence-electron chi connectivity index (χ4n) is 2.29. The minimum absolute atomic E-state index is 0.0166. The second-order valence-electron chi connectivity index (χ2n) is 5.32. The molecule has 1 fully saturated rings. The van der Waals surface area contributed by atoms with Gasteiger partial charge in [0.25, 0.3) is 5.22 Å². The molecule has 0 aromatic carbocycles. The van der Waals surface area contributed by atoms with Gasteiger partial charge in [-0.2, -0.15) is 0 Å². The Balaban J connectivity index is 1.67. The number of thioether (sulfide) groups is 1. The Hall–Kier alpha value is -1.61.